The maximum atomic E-state index is 12.7. The van der Waals surface area contributed by atoms with Crippen LogP contribution in [-0.4, -0.2) is 31.9 Å². The van der Waals surface area contributed by atoms with Gasteiger partial charge in [-0.3, -0.25) is 9.36 Å². The zero-order valence-electron chi connectivity index (χ0n) is 15.1. The van der Waals surface area contributed by atoms with Gasteiger partial charge in [-0.1, -0.05) is 23.7 Å². The number of likely N-dealkylation sites (tertiary alicyclic amines) is 1. The molecule has 4 rings (SSSR count). The van der Waals surface area contributed by atoms with Crippen LogP contribution in [0.5, 0.6) is 0 Å². The van der Waals surface area contributed by atoms with E-state index < -0.39 is 5.69 Å². The molecule has 1 fully saturated rings. The van der Waals surface area contributed by atoms with Crippen LogP contribution in [0.3, 0.4) is 0 Å². The molecule has 0 spiro atoms. The van der Waals surface area contributed by atoms with Crippen molar-refractivity contribution in [3.63, 3.8) is 0 Å². The van der Waals surface area contributed by atoms with Gasteiger partial charge in [0.1, 0.15) is 18.3 Å². The minimum atomic E-state index is -0.437. The molecule has 1 amide bonds. The van der Waals surface area contributed by atoms with Gasteiger partial charge in [0.25, 0.3) is 0 Å². The molecule has 28 heavy (non-hydrogen) atoms. The van der Waals surface area contributed by atoms with Gasteiger partial charge in [-0.05, 0) is 36.6 Å². The first-order valence-corrected chi connectivity index (χ1v) is 9.48. The van der Waals surface area contributed by atoms with E-state index in [2.05, 4.69) is 9.97 Å². The van der Waals surface area contributed by atoms with E-state index in [-0.39, 0.29) is 18.5 Å². The predicted molar refractivity (Wildman–Crippen MR) is 103 cm³/mol. The van der Waals surface area contributed by atoms with Crippen LogP contribution in [0.2, 0.25) is 5.02 Å². The summed E-state index contributed by atoms with van der Waals surface area (Å²) in [5.74, 6) is 1.13. The number of rotatable bonds is 5. The van der Waals surface area contributed by atoms with Crippen LogP contribution < -0.4 is 5.69 Å². The monoisotopic (exact) mass is 398 g/mol. The first-order valence-electron chi connectivity index (χ1n) is 9.10. The molecule has 1 aliphatic rings. The van der Waals surface area contributed by atoms with Gasteiger partial charge >= 0.3 is 5.69 Å². The fourth-order valence-electron chi connectivity index (χ4n) is 3.43. The number of amides is 1. The molecule has 1 aromatic carbocycles. The van der Waals surface area contributed by atoms with Crippen molar-refractivity contribution >= 4 is 17.5 Å². The molecule has 1 saturated heterocycles. The number of carbonyl (C=O) groups excluding carboxylic acids is 1. The Bertz CT molecular complexity index is 1030. The van der Waals surface area contributed by atoms with Gasteiger partial charge in [-0.15, -0.1) is 0 Å². The number of oxazole rings is 1. The Hall–Kier alpha value is -2.93. The number of hydrogen-bond acceptors (Lipinski definition) is 5. The highest BCUT2D eigenvalue weighted by molar-refractivity contribution is 6.30. The molecule has 144 valence electrons. The van der Waals surface area contributed by atoms with E-state index in [0.717, 1.165) is 24.2 Å². The lowest BCUT2D eigenvalue weighted by Gasteiger charge is -2.22. The Kier molecular flexibility index (Phi) is 5.25. The third-order valence-corrected chi connectivity index (χ3v) is 5.06. The molecular formula is C20H19ClN4O3. The van der Waals surface area contributed by atoms with Crippen molar-refractivity contribution in [2.75, 3.05) is 6.54 Å². The number of hydrogen-bond donors (Lipinski definition) is 0. The molecule has 7 nitrogen and oxygen atoms in total. The van der Waals surface area contributed by atoms with Gasteiger partial charge in [-0.25, -0.2) is 14.8 Å². The third-order valence-electron chi connectivity index (χ3n) is 4.81. The predicted octanol–water partition coefficient (Wildman–Crippen LogP) is 2.84. The second kappa shape index (κ2) is 7.98. The van der Waals surface area contributed by atoms with Crippen molar-refractivity contribution in [2.45, 2.75) is 31.8 Å². The van der Waals surface area contributed by atoms with Crippen LogP contribution in [0.15, 0.2) is 58.1 Å². The topological polar surface area (TPSA) is 81.2 Å². The molecule has 3 aromatic rings. The van der Waals surface area contributed by atoms with Crippen LogP contribution in [0.25, 0.3) is 0 Å². The summed E-state index contributed by atoms with van der Waals surface area (Å²) in [7, 11) is 0. The van der Waals surface area contributed by atoms with Crippen LogP contribution in [-0.2, 0) is 17.8 Å². The summed E-state index contributed by atoms with van der Waals surface area (Å²) >= 11 is 5.92. The zero-order chi connectivity index (χ0) is 19.5. The summed E-state index contributed by atoms with van der Waals surface area (Å²) in [5, 5.41) is 0.690. The molecule has 1 aliphatic heterocycles. The molecule has 8 heteroatoms. The van der Waals surface area contributed by atoms with E-state index in [9.17, 15) is 9.59 Å². The second-order valence-electron chi connectivity index (χ2n) is 6.74. The lowest BCUT2D eigenvalue weighted by atomic mass is 10.1. The van der Waals surface area contributed by atoms with Crippen LogP contribution in [0, 0.1) is 0 Å². The lowest BCUT2D eigenvalue weighted by Crippen LogP contribution is -2.36. The Labute approximate surface area is 166 Å². The summed E-state index contributed by atoms with van der Waals surface area (Å²) < 4.78 is 7.24. The van der Waals surface area contributed by atoms with Gasteiger partial charge in [0, 0.05) is 30.4 Å². The fraction of sp³-hybridized carbons (Fsp3) is 0.300. The fourth-order valence-corrected chi connectivity index (χ4v) is 3.55. The van der Waals surface area contributed by atoms with Gasteiger partial charge in [-0.2, -0.15) is 0 Å². The van der Waals surface area contributed by atoms with Crippen molar-refractivity contribution in [3.8, 4) is 0 Å². The maximum absolute atomic E-state index is 12.7. The lowest BCUT2D eigenvalue weighted by molar-refractivity contribution is -0.133. The standard InChI is InChI=1S/C20H19ClN4O3/c21-15-6-4-14(5-7-15)11-16-12-23-19(28-16)17-3-1-10-25(17)18(26)13-24-9-2-8-22-20(24)27/h2,4-9,12,17H,1,3,10-11,13H2/t17-/m1/s1. The molecular weight excluding hydrogens is 380 g/mol. The Morgan fingerprint density at radius 1 is 1.25 bits per heavy atom. The first kappa shape index (κ1) is 18.4. The van der Waals surface area contributed by atoms with E-state index in [1.807, 2.05) is 24.3 Å². The molecule has 0 aliphatic carbocycles. The molecule has 0 radical (unpaired) electrons. The highest BCUT2D eigenvalue weighted by Crippen LogP contribution is 2.32. The third kappa shape index (κ3) is 3.99. The zero-order valence-corrected chi connectivity index (χ0v) is 15.9. The van der Waals surface area contributed by atoms with Crippen molar-refractivity contribution in [2.24, 2.45) is 0 Å². The number of carbonyl (C=O) groups is 1. The molecule has 3 heterocycles. The Morgan fingerprint density at radius 3 is 2.86 bits per heavy atom. The van der Waals surface area contributed by atoms with E-state index >= 15 is 0 Å². The van der Waals surface area contributed by atoms with Gasteiger partial charge in [0.15, 0.2) is 0 Å². The van der Waals surface area contributed by atoms with Crippen LogP contribution >= 0.6 is 11.6 Å². The average molecular weight is 399 g/mol. The molecule has 2 aromatic heterocycles. The minimum Gasteiger partial charge on any atom is -0.443 e. The summed E-state index contributed by atoms with van der Waals surface area (Å²) in [6.07, 6.45) is 6.94. The molecule has 0 saturated carbocycles. The van der Waals surface area contributed by atoms with Crippen molar-refractivity contribution in [1.82, 2.24) is 19.4 Å². The molecule has 1 atom stereocenters. The van der Waals surface area contributed by atoms with Gasteiger partial charge in [0.05, 0.1) is 6.20 Å². The van der Waals surface area contributed by atoms with Gasteiger partial charge < -0.3 is 9.32 Å². The van der Waals surface area contributed by atoms with Crippen LogP contribution in [0.4, 0.5) is 0 Å². The van der Waals surface area contributed by atoms with E-state index in [0.29, 0.717) is 23.9 Å². The normalized spacial score (nSPS) is 16.5. The van der Waals surface area contributed by atoms with E-state index in [1.165, 1.54) is 10.8 Å². The number of aromatic nitrogens is 3. The summed E-state index contributed by atoms with van der Waals surface area (Å²) in [6.45, 7) is 0.578. The van der Waals surface area contributed by atoms with E-state index in [4.69, 9.17) is 16.0 Å². The van der Waals surface area contributed by atoms with E-state index in [1.54, 1.807) is 23.4 Å². The minimum absolute atomic E-state index is 0.0402. The summed E-state index contributed by atoms with van der Waals surface area (Å²) in [4.78, 5) is 34.3. The summed E-state index contributed by atoms with van der Waals surface area (Å²) in [5.41, 5.74) is 0.635. The SMILES string of the molecule is O=C(Cn1cccnc1=O)N1CCC[C@@H]1c1ncc(Cc2ccc(Cl)cc2)o1. The average Bonchev–Trinajstić information content (AvgIpc) is 3.34. The Balaban J connectivity index is 1.47. The molecule has 0 bridgehead atoms. The maximum Gasteiger partial charge on any atom is 0.347 e. The second-order valence-corrected chi connectivity index (χ2v) is 7.18. The molecule has 0 N–H and O–H groups in total. The summed E-state index contributed by atoms with van der Waals surface area (Å²) in [6, 6.07) is 8.99. The number of halogens is 1. The van der Waals surface area contributed by atoms with Gasteiger partial charge in [0.2, 0.25) is 11.8 Å². The molecule has 0 unspecified atom stereocenters. The number of benzene rings is 1. The van der Waals surface area contributed by atoms with Crippen LogP contribution in [0.1, 0.15) is 36.1 Å². The smallest absolute Gasteiger partial charge is 0.347 e. The van der Waals surface area contributed by atoms with Crippen molar-refractivity contribution in [3.05, 3.63) is 81.6 Å². The number of nitrogens with zero attached hydrogens (tertiary/aromatic N) is 4. The largest absolute Gasteiger partial charge is 0.443 e. The quantitative estimate of drug-likeness (QED) is 0.660. The van der Waals surface area contributed by atoms with Crippen molar-refractivity contribution in [1.29, 1.82) is 0 Å². The Morgan fingerprint density at radius 2 is 2.07 bits per heavy atom. The first-order chi connectivity index (χ1) is 13.6. The van der Waals surface area contributed by atoms with Crippen molar-refractivity contribution < 1.29 is 9.21 Å². The highest BCUT2D eigenvalue weighted by Gasteiger charge is 2.33. The highest BCUT2D eigenvalue weighted by atomic mass is 35.5.